The van der Waals surface area contributed by atoms with E-state index in [2.05, 4.69) is 17.8 Å². The zero-order chi connectivity index (χ0) is 8.15. The number of carbonyl (C=O) groups excluding carboxylic acids is 1. The van der Waals surface area contributed by atoms with Crippen LogP contribution in [0.25, 0.3) is 0 Å². The van der Waals surface area contributed by atoms with Crippen molar-refractivity contribution in [2.75, 3.05) is 0 Å². The molecule has 0 atom stereocenters. The third-order valence-electron chi connectivity index (χ3n) is 0.983. The van der Waals surface area contributed by atoms with Gasteiger partial charge in [-0.25, -0.2) is 0 Å². The van der Waals surface area contributed by atoms with E-state index in [0.717, 1.165) is 5.71 Å². The van der Waals surface area contributed by atoms with Crippen molar-refractivity contribution < 1.29 is 4.79 Å². The van der Waals surface area contributed by atoms with E-state index in [4.69, 9.17) is 0 Å². The van der Waals surface area contributed by atoms with Crippen LogP contribution in [0.15, 0.2) is 4.66 Å². The Kier molecular flexibility index (Phi) is 4.19. The van der Waals surface area contributed by atoms with Crippen LogP contribution >= 0.6 is 0 Å². The minimum atomic E-state index is -0.852. The van der Waals surface area contributed by atoms with Gasteiger partial charge >= 0.3 is 0 Å². The minimum absolute atomic E-state index is 0.205. The molecule has 0 heterocycles. The van der Waals surface area contributed by atoms with Crippen molar-refractivity contribution in [2.24, 2.45) is 4.66 Å². The summed E-state index contributed by atoms with van der Waals surface area (Å²) in [4.78, 5) is 10.6. The number of hydrogen-bond donors (Lipinski definition) is 0. The second-order valence-corrected chi connectivity index (χ2v) is 5.28. The van der Waals surface area contributed by atoms with Gasteiger partial charge < -0.3 is 4.66 Å². The van der Waals surface area contributed by atoms with E-state index < -0.39 is 8.96 Å². The van der Waals surface area contributed by atoms with Crippen molar-refractivity contribution in [3.63, 3.8) is 0 Å². The van der Waals surface area contributed by atoms with Gasteiger partial charge in [0, 0.05) is 12.1 Å². The fraction of sp³-hybridized carbons (Fsp3) is 0.714. The van der Waals surface area contributed by atoms with E-state index in [9.17, 15) is 4.79 Å². The third kappa shape index (κ3) is 5.69. The van der Waals surface area contributed by atoms with Crippen LogP contribution < -0.4 is 0 Å². The molecule has 0 aliphatic heterocycles. The molecule has 0 radical (unpaired) electrons. The third-order valence-corrected chi connectivity index (χ3v) is 1.94. The highest BCUT2D eigenvalue weighted by molar-refractivity contribution is 6.55. The van der Waals surface area contributed by atoms with Crippen molar-refractivity contribution in [3.8, 4) is 0 Å². The predicted molar refractivity (Wildman–Crippen MR) is 47.3 cm³/mol. The number of carbonyl (C=O) groups is 1. The topological polar surface area (TPSA) is 29.4 Å². The van der Waals surface area contributed by atoms with Crippen molar-refractivity contribution in [3.05, 3.63) is 0 Å². The summed E-state index contributed by atoms with van der Waals surface area (Å²) in [6.07, 6.45) is 0.533. The first kappa shape index (κ1) is 9.56. The first-order valence-corrected chi connectivity index (χ1v) is 6.37. The summed E-state index contributed by atoms with van der Waals surface area (Å²) in [6.45, 7) is 7.81. The fourth-order valence-electron chi connectivity index (χ4n) is 0.847. The molecule has 2 nitrogen and oxygen atoms in total. The van der Waals surface area contributed by atoms with Gasteiger partial charge in [0.2, 0.25) is 0 Å². The Morgan fingerprint density at radius 2 is 1.90 bits per heavy atom. The van der Waals surface area contributed by atoms with Crippen LogP contribution in [0, 0.1) is 0 Å². The van der Waals surface area contributed by atoms with Crippen molar-refractivity contribution in [1.29, 1.82) is 0 Å². The average Bonchev–Trinajstić information content (AvgIpc) is 1.58. The van der Waals surface area contributed by atoms with Crippen LogP contribution in [-0.4, -0.2) is 20.5 Å². The van der Waals surface area contributed by atoms with E-state index >= 15 is 0 Å². The quantitative estimate of drug-likeness (QED) is 0.450. The molecular formula is C7H15NOSi. The van der Waals surface area contributed by atoms with Gasteiger partial charge in [-0.15, -0.1) is 0 Å². The maximum absolute atomic E-state index is 10.6. The highest BCUT2D eigenvalue weighted by Crippen LogP contribution is 1.90. The molecule has 58 valence electrons. The molecule has 0 aromatic carbocycles. The van der Waals surface area contributed by atoms with Gasteiger partial charge in [0.25, 0.3) is 0 Å². The molecule has 0 aromatic rings. The van der Waals surface area contributed by atoms with Crippen molar-refractivity contribution in [2.45, 2.75) is 33.4 Å². The molecule has 0 aliphatic rings. The lowest BCUT2D eigenvalue weighted by Gasteiger charge is -1.98. The smallest absolute Gasteiger partial charge is 0.159 e. The zero-order valence-electron chi connectivity index (χ0n) is 7.14. The Morgan fingerprint density at radius 3 is 2.20 bits per heavy atom. The van der Waals surface area contributed by atoms with E-state index in [0.29, 0.717) is 6.42 Å². The largest absolute Gasteiger partial charge is 0.334 e. The van der Waals surface area contributed by atoms with Crippen molar-refractivity contribution in [1.82, 2.24) is 0 Å². The molecule has 3 heteroatoms. The first-order valence-electron chi connectivity index (χ1n) is 3.55. The standard InChI is InChI=1S/C7H15NOSi/c1-6(5-7(2)9)8-10(3)4/h10H,5H2,1-4H3. The molecule has 0 aliphatic carbocycles. The van der Waals surface area contributed by atoms with Gasteiger partial charge in [-0.2, -0.15) is 0 Å². The molecule has 10 heavy (non-hydrogen) atoms. The molecule has 0 saturated carbocycles. The monoisotopic (exact) mass is 157 g/mol. The molecule has 0 rings (SSSR count). The van der Waals surface area contributed by atoms with E-state index in [1.54, 1.807) is 6.92 Å². The maximum atomic E-state index is 10.6. The first-order chi connectivity index (χ1) is 4.52. The second-order valence-electron chi connectivity index (χ2n) is 2.84. The van der Waals surface area contributed by atoms with Gasteiger partial charge in [0.1, 0.15) is 5.78 Å². The predicted octanol–water partition coefficient (Wildman–Crippen LogP) is 1.41. The van der Waals surface area contributed by atoms with Crippen LogP contribution in [0.5, 0.6) is 0 Å². The second kappa shape index (κ2) is 4.38. The summed E-state index contributed by atoms with van der Waals surface area (Å²) < 4.78 is 4.35. The van der Waals surface area contributed by atoms with Gasteiger partial charge in [-0.1, -0.05) is 13.1 Å². The van der Waals surface area contributed by atoms with Gasteiger partial charge in [0.15, 0.2) is 8.96 Å². The number of rotatable bonds is 3. The summed E-state index contributed by atoms with van der Waals surface area (Å²) in [6, 6.07) is 0. The normalized spacial score (nSPS) is 12.3. The Morgan fingerprint density at radius 1 is 1.40 bits per heavy atom. The molecule has 0 aromatic heterocycles. The summed E-state index contributed by atoms with van der Waals surface area (Å²) in [5, 5.41) is 0. The molecule has 0 N–H and O–H groups in total. The molecular weight excluding hydrogens is 142 g/mol. The van der Waals surface area contributed by atoms with Crippen LogP contribution in [0.1, 0.15) is 20.3 Å². The number of ketones is 1. The summed E-state index contributed by atoms with van der Waals surface area (Å²) in [5.41, 5.74) is 0.995. The molecule has 0 unspecified atom stereocenters. The van der Waals surface area contributed by atoms with Crippen LogP contribution in [0.2, 0.25) is 13.1 Å². The zero-order valence-corrected chi connectivity index (χ0v) is 8.29. The summed E-state index contributed by atoms with van der Waals surface area (Å²) in [5.74, 6) is 0.205. The Labute approximate surface area is 64.0 Å². The minimum Gasteiger partial charge on any atom is -0.334 e. The lowest BCUT2D eigenvalue weighted by molar-refractivity contribution is -0.115. The Balaban J connectivity index is 3.82. The van der Waals surface area contributed by atoms with E-state index in [-0.39, 0.29) is 5.78 Å². The van der Waals surface area contributed by atoms with Gasteiger partial charge in [-0.05, 0) is 13.8 Å². The average molecular weight is 157 g/mol. The summed E-state index contributed by atoms with van der Waals surface area (Å²) in [7, 11) is -0.852. The Hall–Kier alpha value is -0.443. The van der Waals surface area contributed by atoms with Gasteiger partial charge in [-0.3, -0.25) is 4.79 Å². The number of nitrogens with zero attached hydrogens (tertiary/aromatic N) is 1. The molecule has 0 amide bonds. The lowest BCUT2D eigenvalue weighted by atomic mass is 10.2. The summed E-state index contributed by atoms with van der Waals surface area (Å²) >= 11 is 0. The number of Topliss-reactive ketones (excluding diaryl/α,β-unsaturated/α-hetero) is 1. The van der Waals surface area contributed by atoms with Gasteiger partial charge in [0.05, 0.1) is 0 Å². The van der Waals surface area contributed by atoms with E-state index in [1.165, 1.54) is 0 Å². The highest BCUT2D eigenvalue weighted by Gasteiger charge is 1.97. The molecule has 0 saturated heterocycles. The van der Waals surface area contributed by atoms with Crippen LogP contribution in [-0.2, 0) is 4.79 Å². The van der Waals surface area contributed by atoms with Crippen LogP contribution in [0.3, 0.4) is 0 Å². The maximum Gasteiger partial charge on any atom is 0.159 e. The van der Waals surface area contributed by atoms with Crippen LogP contribution in [0.4, 0.5) is 0 Å². The fourth-order valence-corrected chi connectivity index (χ4v) is 1.82. The molecule has 0 bridgehead atoms. The van der Waals surface area contributed by atoms with Crippen molar-refractivity contribution >= 4 is 20.5 Å². The Bertz CT molecular complexity index is 152. The molecule has 0 spiro atoms. The lowest BCUT2D eigenvalue weighted by Crippen LogP contribution is -2.05. The highest BCUT2D eigenvalue weighted by atomic mass is 28.3. The molecule has 0 fully saturated rings. The SMILES string of the molecule is CC(=O)CC(C)=N[SiH](C)C. The number of hydrogen-bond acceptors (Lipinski definition) is 2. The van der Waals surface area contributed by atoms with E-state index in [1.807, 2.05) is 6.92 Å².